The first-order valence-electron chi connectivity index (χ1n) is 5.97. The molecule has 15 heavy (non-hydrogen) atoms. The van der Waals surface area contributed by atoms with Gasteiger partial charge in [-0.3, -0.25) is 0 Å². The topological polar surface area (TPSA) is 15.3 Å². The third-order valence-electron chi connectivity index (χ3n) is 3.56. The Morgan fingerprint density at radius 2 is 1.73 bits per heavy atom. The highest BCUT2D eigenvalue weighted by Crippen LogP contribution is 2.28. The molecule has 0 saturated carbocycles. The van der Waals surface area contributed by atoms with Gasteiger partial charge in [0.15, 0.2) is 0 Å². The number of likely N-dealkylation sites (tertiary alicyclic amines) is 1. The molecule has 0 radical (unpaired) electrons. The van der Waals surface area contributed by atoms with Gasteiger partial charge in [-0.15, -0.1) is 0 Å². The zero-order chi connectivity index (χ0) is 10.7. The minimum absolute atomic E-state index is 0.0535. The van der Waals surface area contributed by atoms with E-state index in [0.717, 1.165) is 25.6 Å². The maximum Gasteiger partial charge on any atom is 0.250 e. The summed E-state index contributed by atoms with van der Waals surface area (Å²) in [4.78, 5) is 2.22. The molecular formula is C11H20F2N2. The lowest BCUT2D eigenvalue weighted by molar-refractivity contribution is -0.0578. The van der Waals surface area contributed by atoms with Gasteiger partial charge in [-0.25, -0.2) is 8.78 Å². The van der Waals surface area contributed by atoms with Crippen molar-refractivity contribution >= 4 is 0 Å². The predicted molar refractivity (Wildman–Crippen MR) is 56.2 cm³/mol. The van der Waals surface area contributed by atoms with Crippen LogP contribution in [0.5, 0.6) is 0 Å². The summed E-state index contributed by atoms with van der Waals surface area (Å²) in [7, 11) is 0. The molecule has 0 aromatic heterocycles. The summed E-state index contributed by atoms with van der Waals surface area (Å²) in [5.41, 5.74) is 0. The smallest absolute Gasteiger partial charge is 0.250 e. The largest absolute Gasteiger partial charge is 0.317 e. The first-order valence-corrected chi connectivity index (χ1v) is 5.97. The second-order valence-corrected chi connectivity index (χ2v) is 4.85. The van der Waals surface area contributed by atoms with E-state index in [1.807, 2.05) is 0 Å². The Labute approximate surface area is 90.0 Å². The fourth-order valence-electron chi connectivity index (χ4n) is 2.49. The summed E-state index contributed by atoms with van der Waals surface area (Å²) < 4.78 is 25.8. The lowest BCUT2D eigenvalue weighted by Crippen LogP contribution is -2.43. The Hall–Kier alpha value is -0.220. The summed E-state index contributed by atoms with van der Waals surface area (Å²) in [6, 6.07) is 0. The number of alkyl halides is 2. The standard InChI is InChI=1S/C11H20F2N2/c12-11(13)3-7-15(8-4-11)9-10-1-5-14-6-2-10/h10,14H,1-9H2. The van der Waals surface area contributed by atoms with Crippen LogP contribution >= 0.6 is 0 Å². The van der Waals surface area contributed by atoms with E-state index in [9.17, 15) is 8.78 Å². The predicted octanol–water partition coefficient (Wildman–Crippen LogP) is 1.72. The number of hydrogen-bond acceptors (Lipinski definition) is 2. The Bertz CT molecular complexity index is 193. The molecule has 88 valence electrons. The minimum Gasteiger partial charge on any atom is -0.317 e. The van der Waals surface area contributed by atoms with Crippen molar-refractivity contribution in [3.05, 3.63) is 0 Å². The first-order chi connectivity index (χ1) is 7.16. The Balaban J connectivity index is 1.71. The summed E-state index contributed by atoms with van der Waals surface area (Å²) >= 11 is 0. The summed E-state index contributed by atoms with van der Waals surface area (Å²) in [6.07, 6.45) is 2.51. The van der Waals surface area contributed by atoms with Crippen LogP contribution in [0.15, 0.2) is 0 Å². The van der Waals surface area contributed by atoms with Gasteiger partial charge in [-0.1, -0.05) is 0 Å². The van der Waals surface area contributed by atoms with Gasteiger partial charge >= 0.3 is 0 Å². The molecule has 0 aromatic rings. The molecule has 2 heterocycles. The number of nitrogens with one attached hydrogen (secondary N) is 1. The van der Waals surface area contributed by atoms with E-state index < -0.39 is 5.92 Å². The van der Waals surface area contributed by atoms with Crippen LogP contribution in [0.4, 0.5) is 8.78 Å². The maximum atomic E-state index is 12.9. The van der Waals surface area contributed by atoms with E-state index in [1.54, 1.807) is 0 Å². The van der Waals surface area contributed by atoms with Crippen molar-refractivity contribution < 1.29 is 8.78 Å². The van der Waals surface area contributed by atoms with Crippen LogP contribution in [-0.2, 0) is 0 Å². The van der Waals surface area contributed by atoms with Crippen molar-refractivity contribution in [2.24, 2.45) is 5.92 Å². The molecular weight excluding hydrogens is 198 g/mol. The van der Waals surface area contributed by atoms with Crippen molar-refractivity contribution in [3.8, 4) is 0 Å². The van der Waals surface area contributed by atoms with Crippen LogP contribution in [0.3, 0.4) is 0 Å². The van der Waals surface area contributed by atoms with Crippen molar-refractivity contribution in [2.75, 3.05) is 32.7 Å². The molecule has 0 bridgehead atoms. The van der Waals surface area contributed by atoms with Gasteiger partial charge in [0.05, 0.1) is 0 Å². The highest BCUT2D eigenvalue weighted by molar-refractivity contribution is 4.80. The number of nitrogens with zero attached hydrogens (tertiary/aromatic N) is 1. The Morgan fingerprint density at radius 3 is 2.33 bits per heavy atom. The molecule has 2 saturated heterocycles. The Morgan fingerprint density at radius 1 is 1.13 bits per heavy atom. The second-order valence-electron chi connectivity index (χ2n) is 4.85. The molecule has 4 heteroatoms. The van der Waals surface area contributed by atoms with Crippen LogP contribution in [0, 0.1) is 5.92 Å². The number of halogens is 2. The minimum atomic E-state index is -2.40. The van der Waals surface area contributed by atoms with Gasteiger partial charge in [0.1, 0.15) is 0 Å². The van der Waals surface area contributed by atoms with Crippen molar-refractivity contribution in [3.63, 3.8) is 0 Å². The van der Waals surface area contributed by atoms with E-state index in [1.165, 1.54) is 12.8 Å². The van der Waals surface area contributed by atoms with E-state index in [0.29, 0.717) is 13.1 Å². The fourth-order valence-corrected chi connectivity index (χ4v) is 2.49. The SMILES string of the molecule is FC1(F)CCN(CC2CCNCC2)CC1. The monoisotopic (exact) mass is 218 g/mol. The van der Waals surface area contributed by atoms with E-state index in [4.69, 9.17) is 0 Å². The van der Waals surface area contributed by atoms with Crippen molar-refractivity contribution in [2.45, 2.75) is 31.6 Å². The van der Waals surface area contributed by atoms with Crippen molar-refractivity contribution in [1.29, 1.82) is 0 Å². The zero-order valence-corrected chi connectivity index (χ0v) is 9.14. The summed E-state index contributed by atoms with van der Waals surface area (Å²) in [5.74, 6) is -1.68. The van der Waals surface area contributed by atoms with Gasteiger partial charge in [-0.05, 0) is 31.8 Å². The highest BCUT2D eigenvalue weighted by Gasteiger charge is 2.34. The molecule has 2 nitrogen and oxygen atoms in total. The molecule has 0 aliphatic carbocycles. The maximum absolute atomic E-state index is 12.9. The van der Waals surface area contributed by atoms with E-state index in [-0.39, 0.29) is 12.8 Å². The van der Waals surface area contributed by atoms with Gasteiger partial charge in [0.2, 0.25) is 0 Å². The van der Waals surface area contributed by atoms with E-state index in [2.05, 4.69) is 10.2 Å². The third-order valence-corrected chi connectivity index (χ3v) is 3.56. The third kappa shape index (κ3) is 3.38. The molecule has 0 spiro atoms. The van der Waals surface area contributed by atoms with Crippen LogP contribution in [0.25, 0.3) is 0 Å². The number of rotatable bonds is 2. The zero-order valence-electron chi connectivity index (χ0n) is 9.14. The Kier molecular flexibility index (Phi) is 3.57. The summed E-state index contributed by atoms with van der Waals surface area (Å²) in [6.45, 7) is 4.37. The molecule has 0 atom stereocenters. The van der Waals surface area contributed by atoms with E-state index >= 15 is 0 Å². The molecule has 0 unspecified atom stereocenters. The molecule has 2 fully saturated rings. The van der Waals surface area contributed by atoms with Gasteiger partial charge < -0.3 is 10.2 Å². The molecule has 2 aliphatic heterocycles. The lowest BCUT2D eigenvalue weighted by Gasteiger charge is -2.35. The van der Waals surface area contributed by atoms with Crippen LogP contribution < -0.4 is 5.32 Å². The summed E-state index contributed by atoms with van der Waals surface area (Å²) in [5, 5.41) is 3.33. The molecule has 2 rings (SSSR count). The molecule has 2 aliphatic rings. The molecule has 0 aromatic carbocycles. The number of hydrogen-bond donors (Lipinski definition) is 1. The average molecular weight is 218 g/mol. The van der Waals surface area contributed by atoms with Gasteiger partial charge in [0, 0.05) is 32.5 Å². The van der Waals surface area contributed by atoms with Gasteiger partial charge in [0.25, 0.3) is 5.92 Å². The quantitative estimate of drug-likeness (QED) is 0.759. The normalized spacial score (nSPS) is 29.2. The van der Waals surface area contributed by atoms with Crippen LogP contribution in [-0.4, -0.2) is 43.5 Å². The van der Waals surface area contributed by atoms with Gasteiger partial charge in [-0.2, -0.15) is 0 Å². The average Bonchev–Trinajstić information content (AvgIpc) is 2.23. The number of piperidine rings is 2. The second kappa shape index (κ2) is 4.74. The highest BCUT2D eigenvalue weighted by atomic mass is 19.3. The van der Waals surface area contributed by atoms with Crippen LogP contribution in [0.2, 0.25) is 0 Å². The first kappa shape index (κ1) is 11.3. The lowest BCUT2D eigenvalue weighted by atomic mass is 9.96. The molecule has 1 N–H and O–H groups in total. The van der Waals surface area contributed by atoms with Crippen molar-refractivity contribution in [1.82, 2.24) is 10.2 Å². The van der Waals surface area contributed by atoms with Crippen LogP contribution in [0.1, 0.15) is 25.7 Å². The fraction of sp³-hybridized carbons (Fsp3) is 1.00. The molecule has 0 amide bonds.